The minimum atomic E-state index is -0.453. The number of hydrogen-bond acceptors (Lipinski definition) is 4. The summed E-state index contributed by atoms with van der Waals surface area (Å²) >= 11 is 0. The van der Waals surface area contributed by atoms with E-state index in [1.807, 2.05) is 51.9 Å². The highest BCUT2D eigenvalue weighted by molar-refractivity contribution is 5.97. The van der Waals surface area contributed by atoms with E-state index in [-0.39, 0.29) is 23.9 Å². The van der Waals surface area contributed by atoms with E-state index in [9.17, 15) is 9.59 Å². The van der Waals surface area contributed by atoms with E-state index in [1.165, 1.54) is 11.1 Å². The molecular weight excluding hydrogens is 486 g/mol. The number of fused-ring (bicyclic) bond motifs is 1. The highest BCUT2D eigenvalue weighted by Crippen LogP contribution is 2.28. The van der Waals surface area contributed by atoms with Gasteiger partial charge in [0.15, 0.2) is 0 Å². The quantitative estimate of drug-likeness (QED) is 0.293. The van der Waals surface area contributed by atoms with Gasteiger partial charge in [0.05, 0.1) is 6.04 Å². The first kappa shape index (κ1) is 26.7. The third-order valence-electron chi connectivity index (χ3n) is 7.76. The van der Waals surface area contributed by atoms with Crippen LogP contribution in [0.15, 0.2) is 91.0 Å². The molecule has 0 unspecified atom stereocenters. The van der Waals surface area contributed by atoms with Crippen molar-refractivity contribution < 1.29 is 9.59 Å². The fourth-order valence-electron chi connectivity index (χ4n) is 5.76. The zero-order chi connectivity index (χ0) is 27.2. The third-order valence-corrected chi connectivity index (χ3v) is 7.76. The summed E-state index contributed by atoms with van der Waals surface area (Å²) in [6.07, 6.45) is 2.18. The zero-order valence-electron chi connectivity index (χ0n) is 22.2. The minimum absolute atomic E-state index is 0.0115. The molecular formula is C32H37N5O2. The van der Waals surface area contributed by atoms with Crippen LogP contribution in [0.5, 0.6) is 0 Å². The molecule has 0 saturated carbocycles. The van der Waals surface area contributed by atoms with Gasteiger partial charge in [-0.15, -0.1) is 0 Å². The second-order valence-electron chi connectivity index (χ2n) is 10.4. The van der Waals surface area contributed by atoms with Gasteiger partial charge in [-0.2, -0.15) is 0 Å². The number of carbonyl (C=O) groups excluding carboxylic acids is 2. The first-order valence-corrected chi connectivity index (χ1v) is 13.8. The molecule has 0 radical (unpaired) electrons. The Morgan fingerprint density at radius 3 is 2.23 bits per heavy atom. The van der Waals surface area contributed by atoms with Gasteiger partial charge in [0.2, 0.25) is 5.91 Å². The number of primary amides is 1. The van der Waals surface area contributed by atoms with Crippen LogP contribution in [0.1, 0.15) is 46.8 Å². The van der Waals surface area contributed by atoms with Gasteiger partial charge in [-0.05, 0) is 49.1 Å². The van der Waals surface area contributed by atoms with Gasteiger partial charge in [-0.3, -0.25) is 9.59 Å². The van der Waals surface area contributed by atoms with Gasteiger partial charge in [-0.25, -0.2) is 0 Å². The number of rotatable bonds is 10. The smallest absolute Gasteiger partial charge is 0.265 e. The van der Waals surface area contributed by atoms with E-state index in [0.717, 1.165) is 23.7 Å². The van der Waals surface area contributed by atoms with Crippen LogP contribution in [-0.2, 0) is 11.3 Å². The molecule has 0 aliphatic carbocycles. The molecule has 1 aliphatic heterocycles. The van der Waals surface area contributed by atoms with Gasteiger partial charge < -0.3 is 26.3 Å². The van der Waals surface area contributed by atoms with Gasteiger partial charge in [-0.1, -0.05) is 78.9 Å². The van der Waals surface area contributed by atoms with E-state index in [1.54, 1.807) is 0 Å². The molecule has 1 aromatic heterocycles. The van der Waals surface area contributed by atoms with Crippen LogP contribution in [0, 0.1) is 0 Å². The fraction of sp³-hybridized carbons (Fsp3) is 0.312. The van der Waals surface area contributed by atoms with Crippen LogP contribution >= 0.6 is 0 Å². The molecule has 7 heteroatoms. The number of carbonyl (C=O) groups is 2. The summed E-state index contributed by atoms with van der Waals surface area (Å²) in [6, 6.07) is 30.2. The first-order chi connectivity index (χ1) is 19.0. The molecule has 0 bridgehead atoms. The molecule has 3 aromatic carbocycles. The van der Waals surface area contributed by atoms with E-state index >= 15 is 0 Å². The molecule has 5 rings (SSSR count). The Balaban J connectivity index is 1.43. The number of nitrogens with one attached hydrogen (secondary N) is 1. The Morgan fingerprint density at radius 1 is 0.949 bits per heavy atom. The summed E-state index contributed by atoms with van der Waals surface area (Å²) in [5.74, 6) is -0.279. The van der Waals surface area contributed by atoms with E-state index in [4.69, 9.17) is 11.5 Å². The molecule has 7 nitrogen and oxygen atoms in total. The fourth-order valence-corrected chi connectivity index (χ4v) is 5.76. The molecule has 1 saturated heterocycles. The van der Waals surface area contributed by atoms with Crippen LogP contribution in [0.2, 0.25) is 0 Å². The Hall–Kier alpha value is -3.94. The first-order valence-electron chi connectivity index (χ1n) is 13.8. The summed E-state index contributed by atoms with van der Waals surface area (Å²) in [4.78, 5) is 28.2. The Kier molecular flexibility index (Phi) is 8.39. The third kappa shape index (κ3) is 6.05. The lowest BCUT2D eigenvalue weighted by molar-refractivity contribution is -0.133. The topological polar surface area (TPSA) is 106 Å². The van der Waals surface area contributed by atoms with Crippen LogP contribution in [0.4, 0.5) is 0 Å². The predicted molar refractivity (Wildman–Crippen MR) is 155 cm³/mol. The summed E-state index contributed by atoms with van der Waals surface area (Å²) in [6.45, 7) is 2.30. The van der Waals surface area contributed by atoms with Crippen molar-refractivity contribution in [2.45, 2.75) is 43.8 Å². The summed E-state index contributed by atoms with van der Waals surface area (Å²) < 4.78 is 1.99. The SMILES string of the molecule is NCCC[C@@H]1N[C@H](Cn2c(C(N)=O)cc3ccccc32)CCN(CC(c2ccccc2)c2ccccc2)C1=O. The van der Waals surface area contributed by atoms with E-state index in [2.05, 4.69) is 53.8 Å². The summed E-state index contributed by atoms with van der Waals surface area (Å²) in [5, 5.41) is 4.61. The van der Waals surface area contributed by atoms with Crippen molar-refractivity contribution in [1.29, 1.82) is 0 Å². The highest BCUT2D eigenvalue weighted by Gasteiger charge is 2.33. The number of para-hydroxylation sites is 1. The van der Waals surface area contributed by atoms with Crippen molar-refractivity contribution in [2.75, 3.05) is 19.6 Å². The normalized spacial score (nSPS) is 18.0. The molecule has 0 spiro atoms. The molecule has 1 aliphatic rings. The van der Waals surface area contributed by atoms with Crippen molar-refractivity contribution >= 4 is 22.7 Å². The average Bonchev–Trinajstić information content (AvgIpc) is 3.27. The van der Waals surface area contributed by atoms with Crippen molar-refractivity contribution in [3.63, 3.8) is 0 Å². The standard InChI is InChI=1S/C32H37N5O2/c33-18-9-15-28-32(39)36(22-27(23-10-3-1-4-11-23)24-12-5-2-6-13-24)19-17-26(35-28)21-37-29-16-8-7-14-25(29)20-30(37)31(34)38/h1-8,10-14,16,20,26-28,35H,9,15,17-19,21-22,33H2,(H2,34,38)/t26-,28-/m0/s1. The second kappa shape index (κ2) is 12.3. The maximum Gasteiger partial charge on any atom is 0.265 e. The van der Waals surface area contributed by atoms with Crippen molar-refractivity contribution in [3.8, 4) is 0 Å². The highest BCUT2D eigenvalue weighted by atomic mass is 16.2. The molecule has 2 heterocycles. The van der Waals surface area contributed by atoms with Gasteiger partial charge in [0.1, 0.15) is 5.69 Å². The van der Waals surface area contributed by atoms with Crippen LogP contribution < -0.4 is 16.8 Å². The molecule has 39 heavy (non-hydrogen) atoms. The lowest BCUT2D eigenvalue weighted by Gasteiger charge is -2.29. The van der Waals surface area contributed by atoms with Gasteiger partial charge in [0, 0.05) is 42.5 Å². The number of benzene rings is 3. The number of amides is 2. The van der Waals surface area contributed by atoms with Gasteiger partial charge >= 0.3 is 0 Å². The molecule has 2 atom stereocenters. The maximum absolute atomic E-state index is 13.9. The van der Waals surface area contributed by atoms with Crippen LogP contribution in [0.3, 0.4) is 0 Å². The van der Waals surface area contributed by atoms with Crippen LogP contribution in [0.25, 0.3) is 10.9 Å². The number of nitrogens with zero attached hydrogens (tertiary/aromatic N) is 2. The molecule has 4 aromatic rings. The molecule has 2 amide bonds. The Bertz CT molecular complexity index is 1360. The number of aromatic nitrogens is 1. The monoisotopic (exact) mass is 523 g/mol. The molecule has 1 fully saturated rings. The predicted octanol–water partition coefficient (Wildman–Crippen LogP) is 3.87. The van der Waals surface area contributed by atoms with E-state index < -0.39 is 5.91 Å². The lowest BCUT2D eigenvalue weighted by Crippen LogP contribution is -2.47. The zero-order valence-corrected chi connectivity index (χ0v) is 22.2. The van der Waals surface area contributed by atoms with Crippen molar-refractivity contribution in [3.05, 3.63) is 108 Å². The summed E-state index contributed by atoms with van der Waals surface area (Å²) in [5.41, 5.74) is 15.4. The molecule has 202 valence electrons. The number of nitrogens with two attached hydrogens (primary N) is 2. The van der Waals surface area contributed by atoms with E-state index in [0.29, 0.717) is 38.3 Å². The maximum atomic E-state index is 13.9. The minimum Gasteiger partial charge on any atom is -0.364 e. The lowest BCUT2D eigenvalue weighted by atomic mass is 9.90. The van der Waals surface area contributed by atoms with Crippen molar-refractivity contribution in [2.24, 2.45) is 11.5 Å². The second-order valence-corrected chi connectivity index (χ2v) is 10.4. The average molecular weight is 524 g/mol. The Morgan fingerprint density at radius 2 is 1.59 bits per heavy atom. The van der Waals surface area contributed by atoms with Gasteiger partial charge in [0.25, 0.3) is 5.91 Å². The molecule has 5 N–H and O–H groups in total. The Labute approximate surface area is 229 Å². The summed E-state index contributed by atoms with van der Waals surface area (Å²) in [7, 11) is 0. The van der Waals surface area contributed by atoms with Crippen molar-refractivity contribution in [1.82, 2.24) is 14.8 Å². The van der Waals surface area contributed by atoms with Crippen LogP contribution in [-0.4, -0.2) is 53.0 Å². The number of hydrogen-bond donors (Lipinski definition) is 3. The largest absolute Gasteiger partial charge is 0.364 e.